The SMILES string of the molecule is CC[C@@H]1OC(=O)CCCCCCCCCC[C@H]1C. The van der Waals surface area contributed by atoms with Gasteiger partial charge in [-0.3, -0.25) is 4.79 Å². The second-order valence-corrected chi connectivity index (χ2v) is 5.78. The number of carbonyl (C=O) groups is 1. The molecule has 0 radical (unpaired) electrons. The third-order valence-corrected chi connectivity index (χ3v) is 4.11. The molecule has 1 aliphatic heterocycles. The van der Waals surface area contributed by atoms with Gasteiger partial charge in [0.05, 0.1) is 0 Å². The molecule has 2 atom stereocenters. The molecule has 1 aliphatic rings. The normalized spacial score (nSPS) is 29.3. The molecule has 0 bridgehead atoms. The molecule has 0 aromatic rings. The van der Waals surface area contributed by atoms with Crippen LogP contribution in [0.2, 0.25) is 0 Å². The maximum atomic E-state index is 11.7. The zero-order chi connectivity index (χ0) is 13.2. The lowest BCUT2D eigenvalue weighted by Crippen LogP contribution is -2.24. The van der Waals surface area contributed by atoms with Gasteiger partial charge < -0.3 is 4.74 Å². The van der Waals surface area contributed by atoms with Gasteiger partial charge in [-0.2, -0.15) is 0 Å². The summed E-state index contributed by atoms with van der Waals surface area (Å²) in [6.07, 6.45) is 13.1. The van der Waals surface area contributed by atoms with Crippen LogP contribution in [0.5, 0.6) is 0 Å². The smallest absolute Gasteiger partial charge is 0.306 e. The molecule has 1 rings (SSSR count). The van der Waals surface area contributed by atoms with Crippen LogP contribution in [-0.2, 0) is 9.53 Å². The molecule has 106 valence electrons. The van der Waals surface area contributed by atoms with Crippen LogP contribution in [0.15, 0.2) is 0 Å². The Morgan fingerprint density at radius 2 is 1.56 bits per heavy atom. The Bertz CT molecular complexity index is 225. The standard InChI is InChI=1S/C16H30O2/c1-3-15-14(2)12-10-8-6-4-5-7-9-11-13-16(17)18-15/h14-15H,3-13H2,1-2H3/t14-,15+/m1/s1. The summed E-state index contributed by atoms with van der Waals surface area (Å²) in [7, 11) is 0. The van der Waals surface area contributed by atoms with Crippen molar-refractivity contribution in [3.05, 3.63) is 0 Å². The van der Waals surface area contributed by atoms with Gasteiger partial charge >= 0.3 is 5.97 Å². The second-order valence-electron chi connectivity index (χ2n) is 5.78. The Labute approximate surface area is 112 Å². The summed E-state index contributed by atoms with van der Waals surface area (Å²) >= 11 is 0. The van der Waals surface area contributed by atoms with E-state index in [0.717, 1.165) is 12.8 Å². The Kier molecular flexibility index (Phi) is 8.11. The van der Waals surface area contributed by atoms with Crippen molar-refractivity contribution in [3.8, 4) is 0 Å². The first-order valence-electron chi connectivity index (χ1n) is 7.93. The van der Waals surface area contributed by atoms with Crippen LogP contribution in [0.3, 0.4) is 0 Å². The lowest BCUT2D eigenvalue weighted by Gasteiger charge is -2.23. The largest absolute Gasteiger partial charge is 0.462 e. The summed E-state index contributed by atoms with van der Waals surface area (Å²) < 4.78 is 5.62. The summed E-state index contributed by atoms with van der Waals surface area (Å²) in [6.45, 7) is 4.35. The number of esters is 1. The Morgan fingerprint density at radius 1 is 1.00 bits per heavy atom. The number of carbonyl (C=O) groups excluding carboxylic acids is 1. The number of hydrogen-bond donors (Lipinski definition) is 0. The van der Waals surface area contributed by atoms with Gasteiger partial charge in [0, 0.05) is 6.42 Å². The van der Waals surface area contributed by atoms with Crippen LogP contribution in [0.4, 0.5) is 0 Å². The highest BCUT2D eigenvalue weighted by atomic mass is 16.5. The van der Waals surface area contributed by atoms with Crippen molar-refractivity contribution < 1.29 is 9.53 Å². The quantitative estimate of drug-likeness (QED) is 0.625. The average molecular weight is 254 g/mol. The van der Waals surface area contributed by atoms with Crippen LogP contribution in [-0.4, -0.2) is 12.1 Å². The maximum Gasteiger partial charge on any atom is 0.306 e. The van der Waals surface area contributed by atoms with Gasteiger partial charge in [-0.05, 0) is 25.2 Å². The highest BCUT2D eigenvalue weighted by Gasteiger charge is 2.19. The summed E-state index contributed by atoms with van der Waals surface area (Å²) in [4.78, 5) is 11.7. The molecular weight excluding hydrogens is 224 g/mol. The zero-order valence-electron chi connectivity index (χ0n) is 12.2. The van der Waals surface area contributed by atoms with Crippen molar-refractivity contribution in [1.29, 1.82) is 0 Å². The molecule has 0 aromatic heterocycles. The molecular formula is C16H30O2. The van der Waals surface area contributed by atoms with E-state index in [1.165, 1.54) is 51.4 Å². The van der Waals surface area contributed by atoms with Crippen molar-refractivity contribution in [3.63, 3.8) is 0 Å². The van der Waals surface area contributed by atoms with Crippen molar-refractivity contribution in [2.45, 2.75) is 90.6 Å². The van der Waals surface area contributed by atoms with E-state index in [9.17, 15) is 4.79 Å². The van der Waals surface area contributed by atoms with Crippen molar-refractivity contribution >= 4 is 5.97 Å². The van der Waals surface area contributed by atoms with Crippen LogP contribution >= 0.6 is 0 Å². The molecule has 0 aromatic carbocycles. The molecule has 1 fully saturated rings. The summed E-state index contributed by atoms with van der Waals surface area (Å²) in [5, 5.41) is 0. The van der Waals surface area contributed by atoms with E-state index in [2.05, 4.69) is 13.8 Å². The number of cyclic esters (lactones) is 1. The second kappa shape index (κ2) is 9.41. The first-order valence-corrected chi connectivity index (χ1v) is 7.93. The molecule has 2 heteroatoms. The van der Waals surface area contributed by atoms with Gasteiger partial charge in [-0.15, -0.1) is 0 Å². The fourth-order valence-corrected chi connectivity index (χ4v) is 2.81. The van der Waals surface area contributed by atoms with Crippen molar-refractivity contribution in [2.24, 2.45) is 5.92 Å². The Hall–Kier alpha value is -0.530. The topological polar surface area (TPSA) is 26.3 Å². The van der Waals surface area contributed by atoms with Crippen molar-refractivity contribution in [1.82, 2.24) is 0 Å². The van der Waals surface area contributed by atoms with Crippen LogP contribution in [0, 0.1) is 5.92 Å². The molecule has 0 amide bonds. The van der Waals surface area contributed by atoms with E-state index in [0.29, 0.717) is 12.3 Å². The molecule has 0 saturated carbocycles. The van der Waals surface area contributed by atoms with Gasteiger partial charge in [-0.25, -0.2) is 0 Å². The predicted octanol–water partition coefficient (Wildman–Crippen LogP) is 4.86. The lowest BCUT2D eigenvalue weighted by molar-refractivity contribution is -0.152. The predicted molar refractivity (Wildman–Crippen MR) is 75.5 cm³/mol. The highest BCUT2D eigenvalue weighted by Crippen LogP contribution is 2.21. The first kappa shape index (κ1) is 15.5. The van der Waals surface area contributed by atoms with E-state index < -0.39 is 0 Å². The number of ether oxygens (including phenoxy) is 1. The van der Waals surface area contributed by atoms with Gasteiger partial charge in [0.25, 0.3) is 0 Å². The van der Waals surface area contributed by atoms with E-state index in [1.54, 1.807) is 0 Å². The van der Waals surface area contributed by atoms with E-state index in [1.807, 2.05) is 0 Å². The van der Waals surface area contributed by atoms with Gasteiger partial charge in [0.1, 0.15) is 6.10 Å². The summed E-state index contributed by atoms with van der Waals surface area (Å²) in [5.74, 6) is 0.535. The van der Waals surface area contributed by atoms with Gasteiger partial charge in [0.2, 0.25) is 0 Å². The highest BCUT2D eigenvalue weighted by molar-refractivity contribution is 5.69. The minimum atomic E-state index is 0.0192. The molecule has 0 N–H and O–H groups in total. The third kappa shape index (κ3) is 6.42. The van der Waals surface area contributed by atoms with Crippen LogP contribution in [0.1, 0.15) is 84.5 Å². The third-order valence-electron chi connectivity index (χ3n) is 4.11. The molecule has 18 heavy (non-hydrogen) atoms. The number of rotatable bonds is 1. The molecule has 0 unspecified atom stereocenters. The van der Waals surface area contributed by atoms with E-state index >= 15 is 0 Å². The van der Waals surface area contributed by atoms with E-state index in [4.69, 9.17) is 4.74 Å². The summed E-state index contributed by atoms with van der Waals surface area (Å²) in [6, 6.07) is 0. The minimum Gasteiger partial charge on any atom is -0.462 e. The zero-order valence-corrected chi connectivity index (χ0v) is 12.2. The molecule has 1 saturated heterocycles. The first-order chi connectivity index (χ1) is 8.74. The minimum absolute atomic E-state index is 0.0192. The maximum absolute atomic E-state index is 11.7. The monoisotopic (exact) mass is 254 g/mol. The van der Waals surface area contributed by atoms with E-state index in [-0.39, 0.29) is 12.1 Å². The van der Waals surface area contributed by atoms with Crippen LogP contribution in [0.25, 0.3) is 0 Å². The van der Waals surface area contributed by atoms with Crippen molar-refractivity contribution in [2.75, 3.05) is 0 Å². The fraction of sp³-hybridized carbons (Fsp3) is 0.938. The molecule has 1 heterocycles. The Balaban J connectivity index is 2.42. The average Bonchev–Trinajstić information content (AvgIpc) is 2.37. The Morgan fingerprint density at radius 3 is 2.17 bits per heavy atom. The molecule has 2 nitrogen and oxygen atoms in total. The van der Waals surface area contributed by atoms with Gasteiger partial charge in [0.15, 0.2) is 0 Å². The fourth-order valence-electron chi connectivity index (χ4n) is 2.81. The van der Waals surface area contributed by atoms with Crippen LogP contribution < -0.4 is 0 Å². The summed E-state index contributed by atoms with van der Waals surface area (Å²) in [5.41, 5.74) is 0. The van der Waals surface area contributed by atoms with Gasteiger partial charge in [-0.1, -0.05) is 58.8 Å². The lowest BCUT2D eigenvalue weighted by atomic mass is 9.95. The molecule has 0 spiro atoms. The number of hydrogen-bond acceptors (Lipinski definition) is 2. The molecule has 0 aliphatic carbocycles.